The van der Waals surface area contributed by atoms with Gasteiger partial charge in [0.05, 0.1) is 11.0 Å². The minimum Gasteiger partial charge on any atom is -0.309 e. The molecule has 4 aromatic rings. The molecule has 2 unspecified atom stereocenters. The lowest BCUT2D eigenvalue weighted by Crippen LogP contribution is -2.10. The number of nitrogens with zero attached hydrogens (tertiary/aromatic N) is 1. The van der Waals surface area contributed by atoms with E-state index in [2.05, 4.69) is 110 Å². The molecule has 1 nitrogen and oxygen atoms in total. The van der Waals surface area contributed by atoms with Crippen LogP contribution in [0.2, 0.25) is 0 Å². The predicted molar refractivity (Wildman–Crippen MR) is 121 cm³/mol. The van der Waals surface area contributed by atoms with Gasteiger partial charge in [0.25, 0.3) is 0 Å². The summed E-state index contributed by atoms with van der Waals surface area (Å²) in [7, 11) is 0. The number of hydrogen-bond donors (Lipinski definition) is 0. The van der Waals surface area contributed by atoms with Crippen LogP contribution >= 0.6 is 0 Å². The molecule has 2 atom stereocenters. The fraction of sp³-hybridized carbons (Fsp3) is 0.185. The van der Waals surface area contributed by atoms with Gasteiger partial charge in [0.1, 0.15) is 0 Å². The van der Waals surface area contributed by atoms with Crippen LogP contribution in [0.5, 0.6) is 0 Å². The molecule has 0 N–H and O–H groups in total. The van der Waals surface area contributed by atoms with Gasteiger partial charge < -0.3 is 4.57 Å². The Morgan fingerprint density at radius 2 is 1.50 bits per heavy atom. The molecule has 1 aliphatic carbocycles. The van der Waals surface area contributed by atoms with Crippen molar-refractivity contribution in [1.29, 1.82) is 0 Å². The number of aryl methyl sites for hydroxylation is 1. The van der Waals surface area contributed by atoms with Crippen LogP contribution in [-0.2, 0) is 0 Å². The van der Waals surface area contributed by atoms with Gasteiger partial charge in [-0.05, 0) is 66.3 Å². The van der Waals surface area contributed by atoms with Gasteiger partial charge in [-0.2, -0.15) is 0 Å². The van der Waals surface area contributed by atoms with Crippen LogP contribution < -0.4 is 0 Å². The van der Waals surface area contributed by atoms with Crippen LogP contribution in [0.4, 0.5) is 0 Å². The summed E-state index contributed by atoms with van der Waals surface area (Å²) in [6, 6.07) is 24.4. The zero-order valence-electron chi connectivity index (χ0n) is 16.7. The molecule has 28 heavy (non-hydrogen) atoms. The van der Waals surface area contributed by atoms with E-state index in [1.54, 1.807) is 0 Å². The molecule has 138 valence electrons. The van der Waals surface area contributed by atoms with Gasteiger partial charge in [-0.1, -0.05) is 68.0 Å². The van der Waals surface area contributed by atoms with E-state index in [9.17, 15) is 0 Å². The molecular formula is C27H25N. The average Bonchev–Trinajstić information content (AvgIpc) is 3.03. The smallest absolute Gasteiger partial charge is 0.0541 e. The molecule has 1 aromatic heterocycles. The Bertz CT molecular complexity index is 1240. The van der Waals surface area contributed by atoms with Crippen molar-refractivity contribution in [3.63, 3.8) is 0 Å². The SMILES string of the molecule is Cc1ccc2c(c1)c1cc(C3=CC=CC(C)C3C)ccc1n2-c1ccccc1. The Morgan fingerprint density at radius 1 is 0.786 bits per heavy atom. The number of rotatable bonds is 2. The Labute approximate surface area is 166 Å². The van der Waals surface area contributed by atoms with Crippen molar-refractivity contribution < 1.29 is 0 Å². The van der Waals surface area contributed by atoms with Crippen LogP contribution in [0.3, 0.4) is 0 Å². The second kappa shape index (κ2) is 6.53. The van der Waals surface area contributed by atoms with Gasteiger partial charge >= 0.3 is 0 Å². The Balaban J connectivity index is 1.81. The van der Waals surface area contributed by atoms with Crippen molar-refractivity contribution in [3.8, 4) is 5.69 Å². The Hall–Kier alpha value is -3.06. The normalized spacial score (nSPS) is 19.3. The summed E-state index contributed by atoms with van der Waals surface area (Å²) in [6.07, 6.45) is 6.80. The number of aromatic nitrogens is 1. The molecule has 1 aliphatic rings. The van der Waals surface area contributed by atoms with Crippen molar-refractivity contribution in [1.82, 2.24) is 4.57 Å². The summed E-state index contributed by atoms with van der Waals surface area (Å²) in [4.78, 5) is 0. The summed E-state index contributed by atoms with van der Waals surface area (Å²) < 4.78 is 2.38. The third-order valence-corrected chi connectivity index (χ3v) is 6.24. The lowest BCUT2D eigenvalue weighted by molar-refractivity contribution is 0.568. The van der Waals surface area contributed by atoms with Crippen molar-refractivity contribution in [2.75, 3.05) is 0 Å². The topological polar surface area (TPSA) is 4.93 Å². The maximum atomic E-state index is 2.39. The van der Waals surface area contributed by atoms with Crippen LogP contribution in [-0.4, -0.2) is 4.57 Å². The number of hydrogen-bond acceptors (Lipinski definition) is 0. The molecular weight excluding hydrogens is 338 g/mol. The van der Waals surface area contributed by atoms with E-state index in [1.807, 2.05) is 0 Å². The van der Waals surface area contributed by atoms with E-state index in [0.29, 0.717) is 11.8 Å². The van der Waals surface area contributed by atoms with E-state index in [4.69, 9.17) is 0 Å². The zero-order chi connectivity index (χ0) is 19.3. The minimum absolute atomic E-state index is 0.534. The Kier molecular flexibility index (Phi) is 3.98. The van der Waals surface area contributed by atoms with E-state index in [0.717, 1.165) is 0 Å². The van der Waals surface area contributed by atoms with E-state index < -0.39 is 0 Å². The second-order valence-corrected chi connectivity index (χ2v) is 8.08. The molecule has 0 aliphatic heterocycles. The van der Waals surface area contributed by atoms with Gasteiger partial charge in [-0.15, -0.1) is 0 Å². The molecule has 0 fully saturated rings. The van der Waals surface area contributed by atoms with Crippen molar-refractivity contribution >= 4 is 27.4 Å². The van der Waals surface area contributed by atoms with Crippen molar-refractivity contribution in [2.24, 2.45) is 11.8 Å². The Morgan fingerprint density at radius 3 is 2.29 bits per heavy atom. The van der Waals surface area contributed by atoms with Gasteiger partial charge in [0.15, 0.2) is 0 Å². The first-order valence-electron chi connectivity index (χ1n) is 10.1. The standard InChI is InChI=1S/C27H25N/c1-18-12-14-26-24(16-18)25-17-21(23-11-7-8-19(2)20(23)3)13-15-27(25)28(26)22-9-5-4-6-10-22/h4-17,19-20H,1-3H3. The van der Waals surface area contributed by atoms with Crippen LogP contribution in [0, 0.1) is 18.8 Å². The highest BCUT2D eigenvalue weighted by Crippen LogP contribution is 2.38. The number of para-hydroxylation sites is 1. The largest absolute Gasteiger partial charge is 0.309 e. The fourth-order valence-corrected chi connectivity index (χ4v) is 4.47. The van der Waals surface area contributed by atoms with Gasteiger partial charge in [-0.25, -0.2) is 0 Å². The zero-order valence-corrected chi connectivity index (χ0v) is 16.7. The minimum atomic E-state index is 0.534. The first-order valence-corrected chi connectivity index (χ1v) is 10.1. The van der Waals surface area contributed by atoms with Crippen molar-refractivity contribution in [2.45, 2.75) is 20.8 Å². The predicted octanol–water partition coefficient (Wildman–Crippen LogP) is 7.32. The van der Waals surface area contributed by atoms with Crippen LogP contribution in [0.1, 0.15) is 25.0 Å². The van der Waals surface area contributed by atoms with E-state index in [1.165, 1.54) is 44.2 Å². The molecule has 0 radical (unpaired) electrons. The maximum Gasteiger partial charge on any atom is 0.0541 e. The maximum absolute atomic E-state index is 2.39. The quantitative estimate of drug-likeness (QED) is 0.352. The second-order valence-electron chi connectivity index (χ2n) is 8.08. The first kappa shape index (κ1) is 17.1. The van der Waals surface area contributed by atoms with Gasteiger partial charge in [0, 0.05) is 16.5 Å². The highest BCUT2D eigenvalue weighted by molar-refractivity contribution is 6.10. The summed E-state index contributed by atoms with van der Waals surface area (Å²) in [5.74, 6) is 1.11. The number of fused-ring (bicyclic) bond motifs is 3. The van der Waals surface area contributed by atoms with Crippen LogP contribution in [0.25, 0.3) is 33.1 Å². The van der Waals surface area contributed by atoms with E-state index in [-0.39, 0.29) is 0 Å². The molecule has 0 bridgehead atoms. The van der Waals surface area contributed by atoms with Gasteiger partial charge in [-0.3, -0.25) is 0 Å². The molecule has 0 spiro atoms. The highest BCUT2D eigenvalue weighted by Gasteiger charge is 2.20. The highest BCUT2D eigenvalue weighted by atomic mass is 15.0. The summed E-state index contributed by atoms with van der Waals surface area (Å²) in [6.45, 7) is 6.81. The molecule has 5 rings (SSSR count). The monoisotopic (exact) mass is 363 g/mol. The van der Waals surface area contributed by atoms with Crippen LogP contribution in [0.15, 0.2) is 85.0 Å². The fourth-order valence-electron chi connectivity index (χ4n) is 4.47. The van der Waals surface area contributed by atoms with E-state index >= 15 is 0 Å². The van der Waals surface area contributed by atoms with Gasteiger partial charge in [0.2, 0.25) is 0 Å². The molecule has 0 saturated carbocycles. The summed E-state index contributed by atoms with van der Waals surface area (Å²) >= 11 is 0. The molecule has 1 heterocycles. The first-order chi connectivity index (χ1) is 13.6. The molecule has 0 saturated heterocycles. The third-order valence-electron chi connectivity index (χ3n) is 6.24. The molecule has 1 heteroatoms. The van der Waals surface area contributed by atoms with Crippen molar-refractivity contribution in [3.05, 3.63) is 96.1 Å². The average molecular weight is 364 g/mol. The molecule has 3 aromatic carbocycles. The number of benzene rings is 3. The summed E-state index contributed by atoms with van der Waals surface area (Å²) in [5.41, 5.74) is 7.81. The molecule has 0 amide bonds. The third kappa shape index (κ3) is 2.62. The number of allylic oxidation sites excluding steroid dienone is 4. The lowest BCUT2D eigenvalue weighted by Gasteiger charge is -2.23. The lowest BCUT2D eigenvalue weighted by atomic mass is 9.81. The summed E-state index contributed by atoms with van der Waals surface area (Å²) in [5, 5.41) is 2.66.